The second kappa shape index (κ2) is 8.37. The summed E-state index contributed by atoms with van der Waals surface area (Å²) in [5, 5.41) is 4.87. The standard InChI is InChI=1S/C23H20ClN3O2/c1-28-21-12-18-20(13-22(21)29-2)25-14-26-23(18)27-17-9-8-16(19(24)11-17)10-15-6-4-3-5-7-15/h3-9,11-14H,10H2,1-2H3,(H,25,26,27). The molecule has 146 valence electrons. The van der Waals surface area contributed by atoms with Crippen LogP contribution in [0.4, 0.5) is 11.5 Å². The summed E-state index contributed by atoms with van der Waals surface area (Å²) in [4.78, 5) is 8.72. The molecular weight excluding hydrogens is 386 g/mol. The van der Waals surface area contributed by atoms with Crippen molar-refractivity contribution in [2.45, 2.75) is 6.42 Å². The number of fused-ring (bicyclic) bond motifs is 1. The first-order valence-electron chi connectivity index (χ1n) is 9.14. The molecule has 1 N–H and O–H groups in total. The Bertz CT molecular complexity index is 1150. The van der Waals surface area contributed by atoms with E-state index in [4.69, 9.17) is 21.1 Å². The van der Waals surface area contributed by atoms with E-state index >= 15 is 0 Å². The number of aromatic nitrogens is 2. The molecule has 0 aliphatic carbocycles. The number of halogens is 1. The Balaban J connectivity index is 1.64. The molecular formula is C23H20ClN3O2. The van der Waals surface area contributed by atoms with Crippen LogP contribution in [0.15, 0.2) is 67.0 Å². The summed E-state index contributed by atoms with van der Waals surface area (Å²) in [7, 11) is 3.20. The lowest BCUT2D eigenvalue weighted by Gasteiger charge is -2.13. The fourth-order valence-electron chi connectivity index (χ4n) is 3.20. The van der Waals surface area contributed by atoms with Crippen molar-refractivity contribution in [3.05, 3.63) is 83.1 Å². The minimum absolute atomic E-state index is 0.620. The topological polar surface area (TPSA) is 56.3 Å². The number of hydrogen-bond donors (Lipinski definition) is 1. The minimum Gasteiger partial charge on any atom is -0.493 e. The molecule has 0 saturated carbocycles. The molecule has 29 heavy (non-hydrogen) atoms. The molecule has 0 saturated heterocycles. The van der Waals surface area contributed by atoms with Crippen LogP contribution in [-0.2, 0) is 6.42 Å². The summed E-state index contributed by atoms with van der Waals surface area (Å²) >= 11 is 6.54. The van der Waals surface area contributed by atoms with E-state index in [-0.39, 0.29) is 0 Å². The van der Waals surface area contributed by atoms with E-state index < -0.39 is 0 Å². The summed E-state index contributed by atoms with van der Waals surface area (Å²) in [5.41, 5.74) is 3.90. The van der Waals surface area contributed by atoms with Crippen LogP contribution in [0.5, 0.6) is 11.5 Å². The zero-order valence-electron chi connectivity index (χ0n) is 16.1. The van der Waals surface area contributed by atoms with Crippen molar-refractivity contribution in [2.24, 2.45) is 0 Å². The first-order chi connectivity index (χ1) is 14.2. The Labute approximate surface area is 174 Å². The molecule has 5 nitrogen and oxygen atoms in total. The lowest BCUT2D eigenvalue weighted by Crippen LogP contribution is -1.98. The lowest BCUT2D eigenvalue weighted by atomic mass is 10.0. The number of nitrogens with one attached hydrogen (secondary N) is 1. The maximum atomic E-state index is 6.54. The molecule has 1 aromatic heterocycles. The van der Waals surface area contributed by atoms with Crippen LogP contribution in [-0.4, -0.2) is 24.2 Å². The highest BCUT2D eigenvalue weighted by Crippen LogP contribution is 2.35. The van der Waals surface area contributed by atoms with Gasteiger partial charge in [-0.15, -0.1) is 0 Å². The van der Waals surface area contributed by atoms with Gasteiger partial charge in [0.2, 0.25) is 0 Å². The van der Waals surface area contributed by atoms with Crippen molar-refractivity contribution in [1.29, 1.82) is 0 Å². The molecule has 1 heterocycles. The van der Waals surface area contributed by atoms with Crippen LogP contribution in [0.2, 0.25) is 5.02 Å². The predicted octanol–water partition coefficient (Wildman–Crippen LogP) is 5.63. The molecule has 0 aliphatic heterocycles. The molecule has 4 aromatic rings. The Morgan fingerprint density at radius 3 is 2.38 bits per heavy atom. The van der Waals surface area contributed by atoms with Gasteiger partial charge >= 0.3 is 0 Å². The second-order valence-electron chi connectivity index (χ2n) is 6.54. The van der Waals surface area contributed by atoms with E-state index in [0.717, 1.165) is 28.6 Å². The summed E-state index contributed by atoms with van der Waals surface area (Å²) in [6.45, 7) is 0. The average molecular weight is 406 g/mol. The predicted molar refractivity (Wildman–Crippen MR) is 117 cm³/mol. The van der Waals surface area contributed by atoms with Gasteiger partial charge in [0, 0.05) is 22.2 Å². The van der Waals surface area contributed by atoms with Gasteiger partial charge < -0.3 is 14.8 Å². The molecule has 0 bridgehead atoms. The molecule has 0 spiro atoms. The van der Waals surface area contributed by atoms with E-state index in [1.807, 2.05) is 48.5 Å². The molecule has 0 amide bonds. The highest BCUT2D eigenvalue weighted by Gasteiger charge is 2.12. The van der Waals surface area contributed by atoms with Gasteiger partial charge in [0.1, 0.15) is 12.1 Å². The third-order valence-corrected chi connectivity index (χ3v) is 5.05. The second-order valence-corrected chi connectivity index (χ2v) is 6.95. The number of benzene rings is 3. The summed E-state index contributed by atoms with van der Waals surface area (Å²) < 4.78 is 10.8. The van der Waals surface area contributed by atoms with Crippen molar-refractivity contribution >= 4 is 34.0 Å². The van der Waals surface area contributed by atoms with Crippen molar-refractivity contribution in [3.8, 4) is 11.5 Å². The molecule has 4 rings (SSSR count). The first-order valence-corrected chi connectivity index (χ1v) is 9.52. The van der Waals surface area contributed by atoms with Crippen LogP contribution in [0, 0.1) is 0 Å². The Kier molecular flexibility index (Phi) is 5.49. The lowest BCUT2D eigenvalue weighted by molar-refractivity contribution is 0.356. The monoisotopic (exact) mass is 405 g/mol. The zero-order chi connectivity index (χ0) is 20.2. The Hall–Kier alpha value is -3.31. The van der Waals surface area contributed by atoms with Crippen LogP contribution in [0.1, 0.15) is 11.1 Å². The van der Waals surface area contributed by atoms with E-state index in [2.05, 4.69) is 27.4 Å². The number of nitrogens with zero attached hydrogens (tertiary/aromatic N) is 2. The van der Waals surface area contributed by atoms with Crippen molar-refractivity contribution in [2.75, 3.05) is 19.5 Å². The Morgan fingerprint density at radius 2 is 1.66 bits per heavy atom. The number of rotatable bonds is 6. The third-order valence-electron chi connectivity index (χ3n) is 4.69. The highest BCUT2D eigenvalue weighted by molar-refractivity contribution is 6.31. The number of ether oxygens (including phenoxy) is 2. The summed E-state index contributed by atoms with van der Waals surface area (Å²) in [5.74, 6) is 1.91. The van der Waals surface area contributed by atoms with Gasteiger partial charge in [0.15, 0.2) is 11.5 Å². The molecule has 0 atom stereocenters. The molecule has 6 heteroatoms. The summed E-state index contributed by atoms with van der Waals surface area (Å²) in [6.07, 6.45) is 2.30. The normalized spacial score (nSPS) is 10.7. The van der Waals surface area contributed by atoms with Gasteiger partial charge in [-0.3, -0.25) is 0 Å². The molecule has 0 aliphatic rings. The maximum Gasteiger partial charge on any atom is 0.162 e. The molecule has 0 radical (unpaired) electrons. The molecule has 0 unspecified atom stereocenters. The van der Waals surface area contributed by atoms with Crippen molar-refractivity contribution in [1.82, 2.24) is 9.97 Å². The SMILES string of the molecule is COc1cc2ncnc(Nc3ccc(Cc4ccccc4)c(Cl)c3)c2cc1OC. The smallest absolute Gasteiger partial charge is 0.162 e. The van der Waals surface area contributed by atoms with E-state index in [9.17, 15) is 0 Å². The highest BCUT2D eigenvalue weighted by atomic mass is 35.5. The average Bonchev–Trinajstić information content (AvgIpc) is 2.75. The third kappa shape index (κ3) is 4.10. The number of anilines is 2. The zero-order valence-corrected chi connectivity index (χ0v) is 16.9. The van der Waals surface area contributed by atoms with Crippen LogP contribution in [0.25, 0.3) is 10.9 Å². The largest absolute Gasteiger partial charge is 0.493 e. The number of methoxy groups -OCH3 is 2. The first kappa shape index (κ1) is 19.0. The van der Waals surface area contributed by atoms with Crippen molar-refractivity contribution in [3.63, 3.8) is 0 Å². The quantitative estimate of drug-likeness (QED) is 0.450. The van der Waals surface area contributed by atoms with Crippen LogP contribution in [0.3, 0.4) is 0 Å². The van der Waals surface area contributed by atoms with Crippen LogP contribution < -0.4 is 14.8 Å². The fraction of sp³-hybridized carbons (Fsp3) is 0.130. The van der Waals surface area contributed by atoms with E-state index in [1.165, 1.54) is 11.9 Å². The van der Waals surface area contributed by atoms with E-state index in [0.29, 0.717) is 22.3 Å². The van der Waals surface area contributed by atoms with Crippen molar-refractivity contribution < 1.29 is 9.47 Å². The summed E-state index contributed by atoms with van der Waals surface area (Å²) in [6, 6.07) is 19.9. The van der Waals surface area contributed by atoms with Gasteiger partial charge in [-0.2, -0.15) is 0 Å². The van der Waals surface area contributed by atoms with Gasteiger partial charge in [-0.05, 0) is 35.7 Å². The van der Waals surface area contributed by atoms with Gasteiger partial charge in [0.05, 0.1) is 19.7 Å². The molecule has 3 aromatic carbocycles. The van der Waals surface area contributed by atoms with E-state index in [1.54, 1.807) is 14.2 Å². The fourth-order valence-corrected chi connectivity index (χ4v) is 3.45. The van der Waals surface area contributed by atoms with Gasteiger partial charge in [-0.1, -0.05) is 48.0 Å². The number of hydrogen-bond acceptors (Lipinski definition) is 5. The van der Waals surface area contributed by atoms with Gasteiger partial charge in [-0.25, -0.2) is 9.97 Å². The van der Waals surface area contributed by atoms with Crippen LogP contribution >= 0.6 is 11.6 Å². The minimum atomic E-state index is 0.620. The maximum absolute atomic E-state index is 6.54. The van der Waals surface area contributed by atoms with Gasteiger partial charge in [0.25, 0.3) is 0 Å². The molecule has 0 fully saturated rings. The Morgan fingerprint density at radius 1 is 0.897 bits per heavy atom.